The van der Waals surface area contributed by atoms with Crippen molar-refractivity contribution in [1.29, 1.82) is 5.26 Å². The van der Waals surface area contributed by atoms with E-state index >= 15 is 0 Å². The first kappa shape index (κ1) is 14.9. The highest BCUT2D eigenvalue weighted by Gasteiger charge is 2.19. The number of benzene rings is 1. The van der Waals surface area contributed by atoms with Gasteiger partial charge in [0.05, 0.1) is 5.69 Å². The Morgan fingerprint density at radius 1 is 0.952 bits per heavy atom. The summed E-state index contributed by atoms with van der Waals surface area (Å²) in [4.78, 5) is 4.04. The van der Waals surface area contributed by atoms with Crippen LogP contribution in [0.5, 0.6) is 17.4 Å². The summed E-state index contributed by atoms with van der Waals surface area (Å²) in [6.07, 6.45) is 0. The van der Waals surface area contributed by atoms with Crippen LogP contribution in [-0.4, -0.2) is 51.7 Å². The Morgan fingerprint density at radius 3 is 2.14 bits per heavy atom. The first-order valence-corrected chi connectivity index (χ1v) is 6.42. The summed E-state index contributed by atoms with van der Waals surface area (Å²) in [5, 5.41) is 38.7. The quantitative estimate of drug-likeness (QED) is 0.452. The molecule has 0 bridgehead atoms. The predicted octanol–water partition coefficient (Wildman–Crippen LogP) is -5.23. The molecule has 2 rings (SSSR count). The fraction of sp³-hybridized carbons (Fsp3) is 0. The minimum absolute atomic E-state index is 0.219. The van der Waals surface area contributed by atoms with E-state index in [1.807, 2.05) is 7.85 Å². The van der Waals surface area contributed by atoms with Gasteiger partial charge in [0.15, 0.2) is 5.56 Å². The molecule has 0 aliphatic carbocycles. The first-order chi connectivity index (χ1) is 9.79. The third kappa shape index (κ3) is 2.23. The summed E-state index contributed by atoms with van der Waals surface area (Å²) in [6.45, 7) is 0. The summed E-state index contributed by atoms with van der Waals surface area (Å²) in [5.41, 5.74) is 3.48. The minimum atomic E-state index is -0.501. The molecule has 9 heteroatoms. The molecule has 0 radical (unpaired) electrons. The van der Waals surface area contributed by atoms with Crippen LogP contribution in [0.3, 0.4) is 0 Å². The zero-order valence-electron chi connectivity index (χ0n) is 12.3. The van der Waals surface area contributed by atoms with Crippen LogP contribution in [0.1, 0.15) is 5.56 Å². The summed E-state index contributed by atoms with van der Waals surface area (Å²) >= 11 is 0. The molecule has 100 valence electrons. The largest absolute Gasteiger partial charge is 0.509 e. The van der Waals surface area contributed by atoms with Gasteiger partial charge in [-0.1, -0.05) is 17.0 Å². The number of hydrogen-bond donors (Lipinski definition) is 3. The number of aromatic hydroxyl groups is 3. The molecule has 3 N–H and O–H groups in total. The van der Waals surface area contributed by atoms with Crippen molar-refractivity contribution in [1.82, 2.24) is 4.98 Å². The Morgan fingerprint density at radius 2 is 1.57 bits per heavy atom. The lowest BCUT2D eigenvalue weighted by atomic mass is 9.71. The minimum Gasteiger partial charge on any atom is -0.509 e. The Hall–Kier alpha value is -2.48. The zero-order chi connectivity index (χ0) is 15.9. The summed E-state index contributed by atoms with van der Waals surface area (Å²) < 4.78 is 0. The van der Waals surface area contributed by atoms with Crippen LogP contribution in [0.2, 0.25) is 0 Å². The van der Waals surface area contributed by atoms with Gasteiger partial charge in [-0.15, -0.1) is 0 Å². The van der Waals surface area contributed by atoms with Gasteiger partial charge in [0.1, 0.15) is 49.0 Å². The molecule has 21 heavy (non-hydrogen) atoms. The summed E-state index contributed by atoms with van der Waals surface area (Å²) in [7, 11) is 7.02. The van der Waals surface area contributed by atoms with Gasteiger partial charge in [0.25, 0.3) is 0 Å². The molecular weight excluding hydrogens is 263 g/mol. The second-order valence-electron chi connectivity index (χ2n) is 5.08. The summed E-state index contributed by atoms with van der Waals surface area (Å²) in [5.74, 6) is -0.558. The van der Waals surface area contributed by atoms with Crippen molar-refractivity contribution >= 4 is 53.2 Å². The highest BCUT2D eigenvalue weighted by molar-refractivity contribution is 6.54. The number of nitriles is 1. The van der Waals surface area contributed by atoms with Crippen LogP contribution < -0.4 is 21.9 Å². The van der Waals surface area contributed by atoms with E-state index in [9.17, 15) is 15.3 Å². The SMILES string of the molecule is Bc1cc(-c2nc(O)c(C#N)c(O)c2B)c(B)c(B)c1O. The predicted molar refractivity (Wildman–Crippen MR) is 92.1 cm³/mol. The van der Waals surface area contributed by atoms with E-state index in [2.05, 4.69) is 4.98 Å². The Labute approximate surface area is 125 Å². The molecule has 2 aromatic rings. The Balaban J connectivity index is 2.84. The second kappa shape index (κ2) is 5.13. The van der Waals surface area contributed by atoms with Crippen LogP contribution in [0.25, 0.3) is 11.3 Å². The third-order valence-electron chi connectivity index (χ3n) is 3.81. The Kier molecular flexibility index (Phi) is 3.65. The number of nitrogens with zero attached hydrogens (tertiary/aromatic N) is 2. The van der Waals surface area contributed by atoms with Crippen molar-refractivity contribution in [3.63, 3.8) is 0 Å². The van der Waals surface area contributed by atoms with E-state index in [0.29, 0.717) is 22.2 Å². The molecule has 1 aromatic carbocycles. The molecule has 0 fully saturated rings. The average molecular weight is 275 g/mol. The lowest BCUT2D eigenvalue weighted by Gasteiger charge is -2.16. The van der Waals surface area contributed by atoms with E-state index in [1.54, 1.807) is 35.7 Å². The van der Waals surface area contributed by atoms with Crippen molar-refractivity contribution in [2.75, 3.05) is 0 Å². The normalized spacial score (nSPS) is 10.2. The van der Waals surface area contributed by atoms with Gasteiger partial charge in [0.2, 0.25) is 5.88 Å². The van der Waals surface area contributed by atoms with Crippen LogP contribution >= 0.6 is 0 Å². The highest BCUT2D eigenvalue weighted by Crippen LogP contribution is 2.26. The van der Waals surface area contributed by atoms with Crippen molar-refractivity contribution in [2.45, 2.75) is 0 Å². The van der Waals surface area contributed by atoms with Gasteiger partial charge in [-0.2, -0.15) is 5.26 Å². The van der Waals surface area contributed by atoms with Gasteiger partial charge in [-0.25, -0.2) is 4.98 Å². The lowest BCUT2D eigenvalue weighted by molar-refractivity contribution is 0.435. The number of rotatable bonds is 1. The molecule has 0 saturated heterocycles. The van der Waals surface area contributed by atoms with E-state index < -0.39 is 5.88 Å². The monoisotopic (exact) mass is 276 g/mol. The van der Waals surface area contributed by atoms with Crippen LogP contribution in [0, 0.1) is 11.3 Å². The molecule has 5 nitrogen and oxygen atoms in total. The van der Waals surface area contributed by atoms with Gasteiger partial charge in [-0.3, -0.25) is 0 Å². The van der Waals surface area contributed by atoms with Gasteiger partial charge >= 0.3 is 0 Å². The topological polar surface area (TPSA) is 97.4 Å². The summed E-state index contributed by atoms with van der Waals surface area (Å²) in [6, 6.07) is 3.47. The number of phenols is 1. The smallest absolute Gasteiger partial charge is 0.233 e. The number of phenolic OH excluding ortho intramolecular Hbond substituents is 1. The molecule has 0 spiro atoms. The molecule has 0 aliphatic rings. The molecule has 0 amide bonds. The van der Waals surface area contributed by atoms with Crippen molar-refractivity contribution in [3.05, 3.63) is 11.6 Å². The lowest BCUT2D eigenvalue weighted by Crippen LogP contribution is -2.33. The molecule has 1 aromatic heterocycles. The average Bonchev–Trinajstić information content (AvgIpc) is 2.45. The van der Waals surface area contributed by atoms with Gasteiger partial charge in [-0.05, 0) is 16.5 Å². The third-order valence-corrected chi connectivity index (χ3v) is 3.81. The fourth-order valence-corrected chi connectivity index (χ4v) is 2.33. The van der Waals surface area contributed by atoms with Crippen LogP contribution in [0.15, 0.2) is 6.07 Å². The highest BCUT2D eigenvalue weighted by atomic mass is 16.3. The molecule has 0 aliphatic heterocycles. The fourth-order valence-electron chi connectivity index (χ4n) is 2.33. The van der Waals surface area contributed by atoms with Gasteiger partial charge < -0.3 is 15.3 Å². The van der Waals surface area contributed by atoms with Crippen LogP contribution in [0.4, 0.5) is 0 Å². The van der Waals surface area contributed by atoms with E-state index in [1.165, 1.54) is 0 Å². The number of aromatic nitrogens is 1. The molecule has 0 unspecified atom stereocenters. The molecule has 0 atom stereocenters. The molecular formula is C12H12B4N2O3. The Bertz CT molecular complexity index is 803. The number of pyridine rings is 1. The van der Waals surface area contributed by atoms with Crippen molar-refractivity contribution in [3.8, 4) is 34.7 Å². The second-order valence-corrected chi connectivity index (χ2v) is 5.08. The van der Waals surface area contributed by atoms with Gasteiger partial charge in [0, 0.05) is 0 Å². The van der Waals surface area contributed by atoms with Crippen molar-refractivity contribution in [2.24, 2.45) is 0 Å². The maximum atomic E-state index is 10.0. The molecule has 1 heterocycles. The molecule has 0 saturated carbocycles. The number of hydrogen-bond acceptors (Lipinski definition) is 5. The zero-order valence-corrected chi connectivity index (χ0v) is 12.3. The van der Waals surface area contributed by atoms with Crippen molar-refractivity contribution < 1.29 is 15.3 Å². The maximum Gasteiger partial charge on any atom is 0.233 e. The van der Waals surface area contributed by atoms with E-state index in [4.69, 9.17) is 5.26 Å². The van der Waals surface area contributed by atoms with E-state index in [-0.39, 0.29) is 17.1 Å². The standard InChI is InChI=1S/C12H12B4N2O3/c13-5-1-3(6(14)7(15)11(5)20)9-8(16)10(19)4(2-17)12(21)18-9/h1,20H,13-16H2,(H2,18,19,21). The first-order valence-electron chi connectivity index (χ1n) is 6.42. The van der Waals surface area contributed by atoms with E-state index in [0.717, 1.165) is 10.9 Å². The van der Waals surface area contributed by atoms with Crippen LogP contribution in [-0.2, 0) is 0 Å². The maximum absolute atomic E-state index is 10.0.